The largest absolute Gasteiger partial charge is 0.394 e. The molecule has 0 aromatic heterocycles. The van der Waals surface area contributed by atoms with E-state index in [-0.39, 0.29) is 18.0 Å². The monoisotopic (exact) mass is 294 g/mol. The van der Waals surface area contributed by atoms with Gasteiger partial charge in [0, 0.05) is 30.9 Å². The van der Waals surface area contributed by atoms with Gasteiger partial charge in [0.05, 0.1) is 6.61 Å². The molecule has 2 N–H and O–H groups in total. The van der Waals surface area contributed by atoms with Gasteiger partial charge in [0.1, 0.15) is 5.82 Å². The normalized spacial score (nSPS) is 17.5. The Morgan fingerprint density at radius 1 is 1.38 bits per heavy atom. The van der Waals surface area contributed by atoms with E-state index in [2.05, 4.69) is 17.1 Å². The van der Waals surface area contributed by atoms with Crippen LogP contribution in [-0.2, 0) is 0 Å². The first kappa shape index (κ1) is 16.2. The molecule has 4 heteroatoms. The lowest BCUT2D eigenvalue weighted by Gasteiger charge is -2.29. The smallest absolute Gasteiger partial charge is 0.125 e. The van der Waals surface area contributed by atoms with Crippen molar-refractivity contribution in [1.29, 1.82) is 0 Å². The van der Waals surface area contributed by atoms with Crippen molar-refractivity contribution < 1.29 is 9.50 Å². The van der Waals surface area contributed by atoms with Gasteiger partial charge in [-0.25, -0.2) is 4.39 Å². The minimum absolute atomic E-state index is 0.154. The predicted octanol–water partition coefficient (Wildman–Crippen LogP) is 2.94. The van der Waals surface area contributed by atoms with E-state index < -0.39 is 0 Å². The van der Waals surface area contributed by atoms with Gasteiger partial charge in [-0.2, -0.15) is 0 Å². The van der Waals surface area contributed by atoms with Crippen molar-refractivity contribution in [2.45, 2.75) is 50.6 Å². The molecule has 3 nitrogen and oxygen atoms in total. The van der Waals surface area contributed by atoms with Crippen LogP contribution < -0.4 is 10.2 Å². The number of aliphatic hydroxyl groups excluding tert-OH is 1. The summed E-state index contributed by atoms with van der Waals surface area (Å²) < 4.78 is 13.2. The quantitative estimate of drug-likeness (QED) is 0.687. The molecule has 0 aliphatic heterocycles. The van der Waals surface area contributed by atoms with E-state index in [4.69, 9.17) is 0 Å². The van der Waals surface area contributed by atoms with E-state index in [0.29, 0.717) is 6.04 Å². The van der Waals surface area contributed by atoms with Crippen molar-refractivity contribution in [1.82, 2.24) is 5.32 Å². The summed E-state index contributed by atoms with van der Waals surface area (Å²) in [7, 11) is 1.99. The van der Waals surface area contributed by atoms with Gasteiger partial charge in [0.2, 0.25) is 0 Å². The average Bonchev–Trinajstić information content (AvgIpc) is 3.27. The minimum atomic E-state index is -0.194. The number of nitrogens with one attached hydrogen (secondary N) is 1. The number of halogens is 1. The molecule has 0 heterocycles. The van der Waals surface area contributed by atoms with Gasteiger partial charge < -0.3 is 15.3 Å². The average molecular weight is 294 g/mol. The highest BCUT2D eigenvalue weighted by Gasteiger charge is 2.31. The van der Waals surface area contributed by atoms with Crippen LogP contribution in [0.1, 0.15) is 39.0 Å². The second-order valence-corrected chi connectivity index (χ2v) is 6.50. The van der Waals surface area contributed by atoms with Gasteiger partial charge in [0.25, 0.3) is 0 Å². The second-order valence-electron chi connectivity index (χ2n) is 6.50. The molecule has 1 saturated carbocycles. The summed E-state index contributed by atoms with van der Waals surface area (Å²) in [6.07, 6.45) is 5.53. The summed E-state index contributed by atoms with van der Waals surface area (Å²) in [6.45, 7) is 3.18. The molecular formula is C17H27FN2O. The van der Waals surface area contributed by atoms with Gasteiger partial charge in [-0.3, -0.25) is 0 Å². The molecule has 1 aliphatic rings. The molecule has 21 heavy (non-hydrogen) atoms. The maximum atomic E-state index is 13.2. The Kier molecular flexibility index (Phi) is 5.59. The van der Waals surface area contributed by atoms with E-state index in [0.717, 1.165) is 31.5 Å². The van der Waals surface area contributed by atoms with Crippen LogP contribution in [0.2, 0.25) is 0 Å². The highest BCUT2D eigenvalue weighted by atomic mass is 19.1. The summed E-state index contributed by atoms with van der Waals surface area (Å²) in [5, 5.41) is 13.1. The zero-order valence-corrected chi connectivity index (χ0v) is 13.1. The van der Waals surface area contributed by atoms with E-state index in [1.165, 1.54) is 18.9 Å². The van der Waals surface area contributed by atoms with E-state index in [9.17, 15) is 9.50 Å². The third kappa shape index (κ3) is 5.29. The molecule has 118 valence electrons. The van der Waals surface area contributed by atoms with E-state index in [1.54, 1.807) is 12.1 Å². The Bertz CT molecular complexity index is 450. The van der Waals surface area contributed by atoms with Gasteiger partial charge in [-0.15, -0.1) is 0 Å². The Morgan fingerprint density at radius 2 is 2.14 bits per heavy atom. The number of unbranched alkanes of at least 4 members (excludes halogenated alkanes) is 1. The zero-order valence-electron chi connectivity index (χ0n) is 13.1. The number of aliphatic hydroxyl groups is 1. The lowest BCUT2D eigenvalue weighted by Crippen LogP contribution is -2.46. The van der Waals surface area contributed by atoms with Crippen LogP contribution in [0.15, 0.2) is 24.3 Å². The molecular weight excluding hydrogens is 267 g/mol. The zero-order chi connectivity index (χ0) is 15.3. The second kappa shape index (κ2) is 7.23. The highest BCUT2D eigenvalue weighted by Crippen LogP contribution is 2.25. The number of hydrogen-bond acceptors (Lipinski definition) is 3. The molecule has 1 atom stereocenters. The summed E-state index contributed by atoms with van der Waals surface area (Å²) in [4.78, 5) is 2.08. The molecule has 0 radical (unpaired) electrons. The van der Waals surface area contributed by atoms with Gasteiger partial charge in [0.15, 0.2) is 0 Å². The number of rotatable bonds is 9. The fraction of sp³-hybridized carbons (Fsp3) is 0.647. The molecule has 1 aromatic carbocycles. The van der Waals surface area contributed by atoms with Crippen molar-refractivity contribution >= 4 is 5.69 Å². The third-order valence-corrected chi connectivity index (χ3v) is 4.20. The van der Waals surface area contributed by atoms with Crippen molar-refractivity contribution in [2.75, 3.05) is 25.1 Å². The first-order valence-electron chi connectivity index (χ1n) is 7.88. The lowest BCUT2D eigenvalue weighted by molar-refractivity contribution is 0.161. The molecule has 1 fully saturated rings. The van der Waals surface area contributed by atoms with Crippen LogP contribution in [-0.4, -0.2) is 36.9 Å². The molecule has 2 rings (SSSR count). The molecule has 0 saturated heterocycles. The first-order valence-corrected chi connectivity index (χ1v) is 7.88. The van der Waals surface area contributed by atoms with Crippen molar-refractivity contribution in [3.05, 3.63) is 30.1 Å². The summed E-state index contributed by atoms with van der Waals surface area (Å²) >= 11 is 0. The molecule has 0 amide bonds. The van der Waals surface area contributed by atoms with Gasteiger partial charge >= 0.3 is 0 Å². The van der Waals surface area contributed by atoms with Crippen LogP contribution in [0.4, 0.5) is 10.1 Å². The molecule has 1 aliphatic carbocycles. The topological polar surface area (TPSA) is 35.5 Å². The predicted molar refractivity (Wildman–Crippen MR) is 85.2 cm³/mol. The minimum Gasteiger partial charge on any atom is -0.394 e. The number of benzene rings is 1. The Morgan fingerprint density at radius 3 is 2.76 bits per heavy atom. The number of nitrogens with zero attached hydrogens (tertiary/aromatic N) is 1. The lowest BCUT2D eigenvalue weighted by atomic mass is 9.95. The van der Waals surface area contributed by atoms with E-state index >= 15 is 0 Å². The van der Waals surface area contributed by atoms with Crippen LogP contribution in [0, 0.1) is 5.82 Å². The van der Waals surface area contributed by atoms with Gasteiger partial charge in [-0.1, -0.05) is 6.07 Å². The van der Waals surface area contributed by atoms with Crippen LogP contribution in [0.5, 0.6) is 0 Å². The van der Waals surface area contributed by atoms with E-state index in [1.807, 2.05) is 13.1 Å². The Labute approximate surface area is 127 Å². The number of anilines is 1. The molecule has 1 unspecified atom stereocenters. The fourth-order valence-electron chi connectivity index (χ4n) is 2.62. The summed E-state index contributed by atoms with van der Waals surface area (Å²) in [5.74, 6) is -0.194. The SMILES string of the molecule is CN(CCCCC(C)(CO)NC1CC1)c1cccc(F)c1. The van der Waals surface area contributed by atoms with Gasteiger partial charge in [-0.05, 0) is 57.2 Å². The first-order chi connectivity index (χ1) is 10.0. The fourth-order valence-corrected chi connectivity index (χ4v) is 2.62. The Hall–Kier alpha value is -1.13. The number of hydrogen-bond donors (Lipinski definition) is 2. The summed E-state index contributed by atoms with van der Waals surface area (Å²) in [6, 6.07) is 7.30. The van der Waals surface area contributed by atoms with Crippen LogP contribution in [0.3, 0.4) is 0 Å². The maximum Gasteiger partial charge on any atom is 0.125 e. The standard InChI is InChI=1S/C17H27FN2O/c1-17(13-21,19-15-8-9-15)10-3-4-11-20(2)16-7-5-6-14(18)12-16/h5-7,12,15,19,21H,3-4,8-11,13H2,1-2H3. The van der Waals surface area contributed by atoms with Crippen LogP contribution >= 0.6 is 0 Å². The molecule has 0 spiro atoms. The van der Waals surface area contributed by atoms with Crippen molar-refractivity contribution in [3.63, 3.8) is 0 Å². The Balaban J connectivity index is 1.70. The highest BCUT2D eigenvalue weighted by molar-refractivity contribution is 5.45. The third-order valence-electron chi connectivity index (χ3n) is 4.20. The van der Waals surface area contributed by atoms with Crippen molar-refractivity contribution in [3.8, 4) is 0 Å². The van der Waals surface area contributed by atoms with Crippen LogP contribution in [0.25, 0.3) is 0 Å². The maximum absolute atomic E-state index is 13.2. The summed E-state index contributed by atoms with van der Waals surface area (Å²) in [5.41, 5.74) is 0.759. The molecule has 0 bridgehead atoms. The van der Waals surface area contributed by atoms with Crippen molar-refractivity contribution in [2.24, 2.45) is 0 Å². The molecule has 1 aromatic rings.